The summed E-state index contributed by atoms with van der Waals surface area (Å²) in [5.41, 5.74) is 7.36. The molecule has 5 rings (SSSR count). The third-order valence-corrected chi connectivity index (χ3v) is 10.6. The van der Waals surface area contributed by atoms with Crippen molar-refractivity contribution < 1.29 is 9.53 Å². The van der Waals surface area contributed by atoms with Gasteiger partial charge in [0.05, 0.1) is 25.0 Å². The highest BCUT2D eigenvalue weighted by Gasteiger charge is 2.39. The third kappa shape index (κ3) is 9.08. The standard InChI is InChI=1S/C31H61N9O2/c1-4-22-18-32-11-8-24(22)19-35-30(41)23-6-5-7-25(16-23)34-20-28-38-39-29(27-10-12-33-21-36-27)40(28)14-15-42-26-9-13-37-31(2,3)17-26/h22-29,32-34,36-39H,4-21H2,1-3H3,(H,35,41). The van der Waals surface area contributed by atoms with E-state index in [1.165, 1.54) is 12.8 Å². The Morgan fingerprint density at radius 3 is 2.69 bits per heavy atom. The molecular weight excluding hydrogens is 530 g/mol. The van der Waals surface area contributed by atoms with Crippen molar-refractivity contribution in [3.63, 3.8) is 0 Å². The fourth-order valence-electron chi connectivity index (χ4n) is 8.03. The van der Waals surface area contributed by atoms with Crippen LogP contribution in [0.2, 0.25) is 0 Å². The average Bonchev–Trinajstić information content (AvgIpc) is 3.41. The van der Waals surface area contributed by atoms with E-state index in [0.717, 1.165) is 104 Å². The molecule has 8 atom stereocenters. The van der Waals surface area contributed by atoms with Gasteiger partial charge in [0.25, 0.3) is 0 Å². The maximum absolute atomic E-state index is 13.2. The van der Waals surface area contributed by atoms with E-state index in [2.05, 4.69) is 68.4 Å². The molecule has 11 heteroatoms. The van der Waals surface area contributed by atoms with Crippen molar-refractivity contribution in [3.05, 3.63) is 0 Å². The number of carbonyl (C=O) groups is 1. The Morgan fingerprint density at radius 1 is 1.00 bits per heavy atom. The first-order valence-electron chi connectivity index (χ1n) is 17.2. The van der Waals surface area contributed by atoms with E-state index in [-0.39, 0.29) is 29.7 Å². The zero-order valence-electron chi connectivity index (χ0n) is 26.6. The van der Waals surface area contributed by atoms with Crippen LogP contribution in [-0.2, 0) is 9.53 Å². The van der Waals surface area contributed by atoms with Gasteiger partial charge in [-0.15, -0.1) is 0 Å². The van der Waals surface area contributed by atoms with Gasteiger partial charge in [-0.1, -0.05) is 19.8 Å². The number of carbonyl (C=O) groups excluding carboxylic acids is 1. The second-order valence-electron chi connectivity index (χ2n) is 14.2. The van der Waals surface area contributed by atoms with E-state index in [1.54, 1.807) is 0 Å². The average molecular weight is 592 g/mol. The van der Waals surface area contributed by atoms with Crippen LogP contribution in [0.25, 0.3) is 0 Å². The van der Waals surface area contributed by atoms with E-state index in [4.69, 9.17) is 4.74 Å². The molecule has 8 unspecified atom stereocenters. The predicted octanol–water partition coefficient (Wildman–Crippen LogP) is 0.405. The van der Waals surface area contributed by atoms with Gasteiger partial charge >= 0.3 is 0 Å². The SMILES string of the molecule is CCC1CNCCC1CNC(=O)C1CCCC(NCC2NNC(C3CCNCN3)N2CCOC2CCNC(C)(C)C2)C1. The molecule has 11 nitrogen and oxygen atoms in total. The lowest BCUT2D eigenvalue weighted by Gasteiger charge is -2.38. The highest BCUT2D eigenvalue weighted by atomic mass is 16.5. The van der Waals surface area contributed by atoms with Crippen molar-refractivity contribution in [2.24, 2.45) is 17.8 Å². The molecule has 0 spiro atoms. The summed E-state index contributed by atoms with van der Waals surface area (Å²) in [5, 5.41) is 21.4. The molecule has 4 saturated heterocycles. The number of amides is 1. The van der Waals surface area contributed by atoms with E-state index < -0.39 is 0 Å². The minimum Gasteiger partial charge on any atom is -0.377 e. The maximum Gasteiger partial charge on any atom is 0.223 e. The highest BCUT2D eigenvalue weighted by Crippen LogP contribution is 2.26. The van der Waals surface area contributed by atoms with Gasteiger partial charge in [0, 0.05) is 49.8 Å². The second-order valence-corrected chi connectivity index (χ2v) is 14.2. The number of hydrazine groups is 1. The van der Waals surface area contributed by atoms with Crippen molar-refractivity contribution in [1.29, 1.82) is 0 Å². The number of nitrogens with zero attached hydrogens (tertiary/aromatic N) is 1. The molecule has 1 aliphatic carbocycles. The quantitative estimate of drug-likeness (QED) is 0.162. The maximum atomic E-state index is 13.2. The number of hydrogen-bond donors (Lipinski definition) is 8. The number of piperidine rings is 2. The lowest BCUT2D eigenvalue weighted by atomic mass is 9.83. The van der Waals surface area contributed by atoms with Gasteiger partial charge < -0.3 is 31.3 Å². The third-order valence-electron chi connectivity index (χ3n) is 10.6. The van der Waals surface area contributed by atoms with Gasteiger partial charge in [0.1, 0.15) is 0 Å². The minimum atomic E-state index is 0.123. The molecule has 0 aromatic rings. The van der Waals surface area contributed by atoms with Crippen LogP contribution in [0, 0.1) is 17.8 Å². The van der Waals surface area contributed by atoms with Crippen molar-refractivity contribution in [3.8, 4) is 0 Å². The smallest absolute Gasteiger partial charge is 0.223 e. The number of nitrogens with one attached hydrogen (secondary N) is 8. The van der Waals surface area contributed by atoms with Crippen LogP contribution in [0.3, 0.4) is 0 Å². The Balaban J connectivity index is 1.10. The Kier molecular flexibility index (Phi) is 12.3. The van der Waals surface area contributed by atoms with E-state index >= 15 is 0 Å². The molecule has 0 aromatic heterocycles. The summed E-state index contributed by atoms with van der Waals surface area (Å²) < 4.78 is 6.44. The highest BCUT2D eigenvalue weighted by molar-refractivity contribution is 5.78. The Hall–Kier alpha value is -0.890. The molecule has 1 saturated carbocycles. The largest absolute Gasteiger partial charge is 0.377 e. The molecule has 5 aliphatic rings. The van der Waals surface area contributed by atoms with Crippen LogP contribution in [-0.4, -0.2) is 106 Å². The summed E-state index contributed by atoms with van der Waals surface area (Å²) in [7, 11) is 0. The van der Waals surface area contributed by atoms with Crippen molar-refractivity contribution in [2.75, 3.05) is 59.1 Å². The molecule has 1 amide bonds. The molecule has 0 radical (unpaired) electrons. The van der Waals surface area contributed by atoms with Crippen LogP contribution >= 0.6 is 0 Å². The number of hydrogen-bond acceptors (Lipinski definition) is 10. The first-order chi connectivity index (χ1) is 20.4. The first kappa shape index (κ1) is 32.5. The molecule has 242 valence electrons. The van der Waals surface area contributed by atoms with Gasteiger partial charge in [-0.25, -0.2) is 10.9 Å². The molecule has 42 heavy (non-hydrogen) atoms. The molecule has 8 N–H and O–H groups in total. The van der Waals surface area contributed by atoms with Crippen LogP contribution in [0.15, 0.2) is 0 Å². The van der Waals surface area contributed by atoms with Crippen LogP contribution in [0.1, 0.15) is 78.6 Å². The van der Waals surface area contributed by atoms with Gasteiger partial charge in [-0.05, 0) is 96.8 Å². The van der Waals surface area contributed by atoms with Gasteiger partial charge in [0.2, 0.25) is 5.91 Å². The summed E-state index contributed by atoms with van der Waals surface area (Å²) in [5.74, 6) is 1.68. The Bertz CT molecular complexity index is 826. The van der Waals surface area contributed by atoms with E-state index in [0.29, 0.717) is 30.0 Å². The van der Waals surface area contributed by atoms with Crippen LogP contribution in [0.5, 0.6) is 0 Å². The van der Waals surface area contributed by atoms with Crippen molar-refractivity contribution >= 4 is 5.91 Å². The Morgan fingerprint density at radius 2 is 1.88 bits per heavy atom. The lowest BCUT2D eigenvalue weighted by molar-refractivity contribution is -0.126. The fraction of sp³-hybridized carbons (Fsp3) is 0.968. The minimum absolute atomic E-state index is 0.123. The van der Waals surface area contributed by atoms with Crippen molar-refractivity contribution in [1.82, 2.24) is 47.7 Å². The monoisotopic (exact) mass is 591 g/mol. The van der Waals surface area contributed by atoms with Gasteiger partial charge in [0.15, 0.2) is 0 Å². The molecule has 4 heterocycles. The first-order valence-corrected chi connectivity index (χ1v) is 17.2. The van der Waals surface area contributed by atoms with Gasteiger partial charge in [-0.2, -0.15) is 0 Å². The number of ether oxygens (including phenoxy) is 1. The zero-order chi connectivity index (χ0) is 29.4. The Labute approximate surface area is 254 Å². The lowest BCUT2D eigenvalue weighted by Crippen LogP contribution is -2.59. The summed E-state index contributed by atoms with van der Waals surface area (Å²) in [6.45, 7) is 15.2. The summed E-state index contributed by atoms with van der Waals surface area (Å²) in [6, 6.07) is 0.765. The van der Waals surface area contributed by atoms with Crippen LogP contribution in [0.4, 0.5) is 0 Å². The molecular formula is C31H61N9O2. The van der Waals surface area contributed by atoms with E-state index in [9.17, 15) is 4.79 Å². The molecule has 0 bridgehead atoms. The zero-order valence-corrected chi connectivity index (χ0v) is 26.6. The number of rotatable bonds is 12. The normalized spacial score (nSPS) is 37.9. The predicted molar refractivity (Wildman–Crippen MR) is 168 cm³/mol. The molecule has 0 aromatic carbocycles. The molecule has 4 aliphatic heterocycles. The summed E-state index contributed by atoms with van der Waals surface area (Å²) >= 11 is 0. The van der Waals surface area contributed by atoms with E-state index in [1.807, 2.05) is 0 Å². The summed E-state index contributed by atoms with van der Waals surface area (Å²) in [4.78, 5) is 15.7. The second kappa shape index (κ2) is 15.9. The van der Waals surface area contributed by atoms with Crippen molar-refractivity contribution in [2.45, 2.75) is 115 Å². The topological polar surface area (TPSA) is 126 Å². The summed E-state index contributed by atoms with van der Waals surface area (Å²) in [6.07, 6.45) is 10.5. The molecule has 5 fully saturated rings. The fourth-order valence-corrected chi connectivity index (χ4v) is 8.03. The van der Waals surface area contributed by atoms with Crippen LogP contribution < -0.4 is 42.8 Å². The van der Waals surface area contributed by atoms with Gasteiger partial charge in [-0.3, -0.25) is 15.0 Å².